The number of esters is 1. The number of thioether (sulfide) groups is 1. The smallest absolute Gasteiger partial charge is 0.311 e. The fourth-order valence-corrected chi connectivity index (χ4v) is 3.06. The number of anilines is 1. The topological polar surface area (TPSA) is 118 Å². The Morgan fingerprint density at radius 2 is 1.93 bits per heavy atom. The largest absolute Gasteiger partial charge is 0.469 e. The van der Waals surface area contributed by atoms with Gasteiger partial charge in [0, 0.05) is 23.7 Å². The van der Waals surface area contributed by atoms with Gasteiger partial charge in [-0.1, -0.05) is 18.7 Å². The fraction of sp³-hybridized carbons (Fsp3) is 0.316. The van der Waals surface area contributed by atoms with Crippen molar-refractivity contribution in [2.75, 3.05) is 18.2 Å². The molecule has 0 radical (unpaired) electrons. The molecular weight excluding hydrogens is 382 g/mol. The number of carbonyl (C=O) groups excluding carboxylic acids is 3. The van der Waals surface area contributed by atoms with E-state index >= 15 is 0 Å². The van der Waals surface area contributed by atoms with Gasteiger partial charge in [-0.15, -0.1) is 0 Å². The van der Waals surface area contributed by atoms with Crippen molar-refractivity contribution in [3.63, 3.8) is 0 Å². The number of carbonyl (C=O) groups is 3. The first-order valence-corrected chi connectivity index (χ1v) is 9.62. The van der Waals surface area contributed by atoms with Crippen LogP contribution < -0.4 is 10.9 Å². The number of aromatic nitrogens is 2. The zero-order chi connectivity index (χ0) is 20.5. The number of H-pyrrole nitrogens is 1. The molecule has 9 heteroatoms. The van der Waals surface area contributed by atoms with Crippen molar-refractivity contribution in [2.45, 2.75) is 31.3 Å². The lowest BCUT2D eigenvalue weighted by Gasteiger charge is -2.06. The van der Waals surface area contributed by atoms with Crippen LogP contribution in [0.2, 0.25) is 0 Å². The summed E-state index contributed by atoms with van der Waals surface area (Å²) in [5, 5.41) is 3.01. The van der Waals surface area contributed by atoms with Gasteiger partial charge in [0.15, 0.2) is 10.9 Å². The molecule has 1 amide bonds. The van der Waals surface area contributed by atoms with Crippen LogP contribution in [-0.4, -0.2) is 40.5 Å². The number of ketones is 1. The van der Waals surface area contributed by atoms with Crippen LogP contribution in [-0.2, 0) is 20.7 Å². The number of rotatable bonds is 9. The van der Waals surface area contributed by atoms with E-state index in [1.807, 2.05) is 6.92 Å². The predicted molar refractivity (Wildman–Crippen MR) is 106 cm³/mol. The van der Waals surface area contributed by atoms with Crippen molar-refractivity contribution in [3.8, 4) is 0 Å². The molecule has 2 N–H and O–H groups in total. The van der Waals surface area contributed by atoms with E-state index in [1.165, 1.54) is 13.2 Å². The molecule has 1 aromatic heterocycles. The first-order valence-electron chi connectivity index (χ1n) is 8.64. The van der Waals surface area contributed by atoms with Crippen LogP contribution in [0, 0.1) is 0 Å². The highest BCUT2D eigenvalue weighted by Gasteiger charge is 2.11. The van der Waals surface area contributed by atoms with E-state index in [9.17, 15) is 19.2 Å². The molecule has 0 unspecified atom stereocenters. The second-order valence-electron chi connectivity index (χ2n) is 5.88. The Labute approximate surface area is 166 Å². The Bertz CT molecular complexity index is 909. The molecule has 2 aromatic rings. The number of benzene rings is 1. The molecule has 0 aliphatic rings. The van der Waals surface area contributed by atoms with E-state index in [0.29, 0.717) is 17.7 Å². The van der Waals surface area contributed by atoms with Gasteiger partial charge in [0.25, 0.3) is 5.56 Å². The summed E-state index contributed by atoms with van der Waals surface area (Å²) in [4.78, 5) is 53.6. The maximum Gasteiger partial charge on any atom is 0.311 e. The van der Waals surface area contributed by atoms with Gasteiger partial charge in [0.2, 0.25) is 5.91 Å². The Morgan fingerprint density at radius 1 is 1.21 bits per heavy atom. The van der Waals surface area contributed by atoms with Crippen molar-refractivity contribution in [3.05, 3.63) is 51.9 Å². The van der Waals surface area contributed by atoms with Crippen LogP contribution in [0.5, 0.6) is 0 Å². The lowest BCUT2D eigenvalue weighted by Crippen LogP contribution is -2.14. The standard InChI is InChI=1S/C19H21N3O5S/c1-3-4-16(24)20-13-7-5-12(6-8-13)15(23)11-28-19-21-14(9-17(25)22-19)10-18(26)27-2/h5-9H,3-4,10-11H2,1-2H3,(H,20,24)(H,21,22,25). The van der Waals surface area contributed by atoms with Crippen LogP contribution in [0.4, 0.5) is 5.69 Å². The highest BCUT2D eigenvalue weighted by molar-refractivity contribution is 7.99. The fourth-order valence-electron chi connectivity index (χ4n) is 2.27. The van der Waals surface area contributed by atoms with Crippen LogP contribution in [0.3, 0.4) is 0 Å². The number of hydrogen-bond acceptors (Lipinski definition) is 7. The summed E-state index contributed by atoms with van der Waals surface area (Å²) < 4.78 is 4.56. The average Bonchev–Trinajstić information content (AvgIpc) is 2.66. The normalized spacial score (nSPS) is 10.4. The van der Waals surface area contributed by atoms with Gasteiger partial charge in [-0.3, -0.25) is 19.2 Å². The van der Waals surface area contributed by atoms with E-state index in [0.717, 1.165) is 18.2 Å². The molecule has 0 spiro atoms. The minimum Gasteiger partial charge on any atom is -0.469 e. The number of ether oxygens (including phenoxy) is 1. The minimum atomic E-state index is -0.503. The number of amides is 1. The van der Waals surface area contributed by atoms with Crippen LogP contribution in [0.15, 0.2) is 40.3 Å². The van der Waals surface area contributed by atoms with Crippen molar-refractivity contribution >= 4 is 35.1 Å². The monoisotopic (exact) mass is 403 g/mol. The third-order valence-electron chi connectivity index (χ3n) is 3.63. The highest BCUT2D eigenvalue weighted by atomic mass is 32.2. The van der Waals surface area contributed by atoms with E-state index < -0.39 is 11.5 Å². The van der Waals surface area contributed by atoms with Gasteiger partial charge in [-0.2, -0.15) is 0 Å². The molecule has 148 valence electrons. The number of aromatic amines is 1. The van der Waals surface area contributed by atoms with Crippen LogP contribution in [0.1, 0.15) is 35.8 Å². The van der Waals surface area contributed by atoms with Gasteiger partial charge in [-0.25, -0.2) is 4.98 Å². The molecule has 0 saturated heterocycles. The molecule has 0 aliphatic heterocycles. The Morgan fingerprint density at radius 3 is 2.57 bits per heavy atom. The zero-order valence-corrected chi connectivity index (χ0v) is 16.4. The first-order chi connectivity index (χ1) is 13.4. The second-order valence-corrected chi connectivity index (χ2v) is 6.85. The molecular formula is C19H21N3O5S. The number of hydrogen-bond donors (Lipinski definition) is 2. The lowest BCUT2D eigenvalue weighted by atomic mass is 10.1. The predicted octanol–water partition coefficient (Wildman–Crippen LogP) is 2.20. The molecule has 0 saturated carbocycles. The quantitative estimate of drug-likeness (QED) is 0.285. The van der Waals surface area contributed by atoms with Gasteiger partial charge < -0.3 is 15.0 Å². The average molecular weight is 403 g/mol. The van der Waals surface area contributed by atoms with Crippen molar-refractivity contribution in [2.24, 2.45) is 0 Å². The lowest BCUT2D eigenvalue weighted by molar-refractivity contribution is -0.139. The van der Waals surface area contributed by atoms with E-state index in [1.54, 1.807) is 24.3 Å². The van der Waals surface area contributed by atoms with Gasteiger partial charge >= 0.3 is 5.97 Å². The van der Waals surface area contributed by atoms with Crippen LogP contribution >= 0.6 is 11.8 Å². The molecule has 8 nitrogen and oxygen atoms in total. The highest BCUT2D eigenvalue weighted by Crippen LogP contribution is 2.16. The van der Waals surface area contributed by atoms with Crippen molar-refractivity contribution < 1.29 is 19.1 Å². The van der Waals surface area contributed by atoms with E-state index in [-0.39, 0.29) is 34.7 Å². The summed E-state index contributed by atoms with van der Waals surface area (Å²) in [5.41, 5.74) is 0.979. The molecule has 2 rings (SSSR count). The van der Waals surface area contributed by atoms with Gasteiger partial charge in [0.1, 0.15) is 0 Å². The Hall–Kier alpha value is -2.94. The SMILES string of the molecule is CCCC(=O)Nc1ccc(C(=O)CSc2nc(CC(=O)OC)cc(=O)[nH]2)cc1. The molecule has 28 heavy (non-hydrogen) atoms. The molecule has 0 atom stereocenters. The summed E-state index contributed by atoms with van der Waals surface area (Å²) in [5.74, 6) is -0.667. The molecule has 0 bridgehead atoms. The summed E-state index contributed by atoms with van der Waals surface area (Å²) in [6, 6.07) is 7.82. The van der Waals surface area contributed by atoms with Crippen molar-refractivity contribution in [1.29, 1.82) is 0 Å². The zero-order valence-electron chi connectivity index (χ0n) is 15.6. The number of nitrogens with zero attached hydrogens (tertiary/aromatic N) is 1. The molecule has 0 aliphatic carbocycles. The summed E-state index contributed by atoms with van der Waals surface area (Å²) in [6.45, 7) is 1.92. The third-order valence-corrected chi connectivity index (χ3v) is 4.51. The second kappa shape index (κ2) is 10.4. The summed E-state index contributed by atoms with van der Waals surface area (Å²) in [6.07, 6.45) is 1.08. The third kappa shape index (κ3) is 6.66. The maximum atomic E-state index is 12.3. The first kappa shape index (κ1) is 21.4. The number of Topliss-reactive ketones (excluding diaryl/α,β-unsaturated/α-hetero) is 1. The van der Waals surface area contributed by atoms with E-state index in [4.69, 9.17) is 0 Å². The Kier molecular flexibility index (Phi) is 7.94. The molecule has 1 heterocycles. The Balaban J connectivity index is 1.97. The number of methoxy groups -OCH3 is 1. The van der Waals surface area contributed by atoms with Gasteiger partial charge in [-0.05, 0) is 30.7 Å². The maximum absolute atomic E-state index is 12.3. The molecule has 0 fully saturated rings. The molecule has 1 aromatic carbocycles. The number of nitrogens with one attached hydrogen (secondary N) is 2. The summed E-state index contributed by atoms with van der Waals surface area (Å²) >= 11 is 1.07. The van der Waals surface area contributed by atoms with Gasteiger partial charge in [0.05, 0.1) is 25.0 Å². The van der Waals surface area contributed by atoms with Crippen molar-refractivity contribution in [1.82, 2.24) is 9.97 Å². The van der Waals surface area contributed by atoms with E-state index in [2.05, 4.69) is 20.0 Å². The van der Waals surface area contributed by atoms with Crippen LogP contribution in [0.25, 0.3) is 0 Å². The summed E-state index contributed by atoms with van der Waals surface area (Å²) in [7, 11) is 1.25. The minimum absolute atomic E-state index is 0.0617.